The molecule has 1 saturated heterocycles. The summed E-state index contributed by atoms with van der Waals surface area (Å²) in [5.41, 5.74) is 4.39. The van der Waals surface area contributed by atoms with Gasteiger partial charge in [0.05, 0.1) is 37.1 Å². The molecule has 3 nitrogen and oxygen atoms in total. The van der Waals surface area contributed by atoms with Crippen molar-refractivity contribution < 1.29 is 14.3 Å². The summed E-state index contributed by atoms with van der Waals surface area (Å²) in [6, 6.07) is 17.3. The minimum absolute atomic E-state index is 0.0598. The summed E-state index contributed by atoms with van der Waals surface area (Å²) in [6.07, 6.45) is 2.60. The Bertz CT molecular complexity index is 941. The molecule has 0 N–H and O–H groups in total. The van der Waals surface area contributed by atoms with Gasteiger partial charge in [-0.2, -0.15) is 0 Å². The third-order valence-corrected chi connectivity index (χ3v) is 7.22. The smallest absolute Gasteiger partial charge is 0.141 e. The van der Waals surface area contributed by atoms with E-state index in [2.05, 4.69) is 54.6 Å². The van der Waals surface area contributed by atoms with Gasteiger partial charge in [0.15, 0.2) is 0 Å². The first kappa shape index (κ1) is 14.7. The van der Waals surface area contributed by atoms with Gasteiger partial charge in [-0.05, 0) is 28.3 Å². The van der Waals surface area contributed by atoms with Crippen LogP contribution in [0.4, 0.5) is 0 Å². The van der Waals surface area contributed by atoms with E-state index in [1.807, 2.05) is 0 Å². The summed E-state index contributed by atoms with van der Waals surface area (Å²) in [5.74, 6) is 1.14. The van der Waals surface area contributed by atoms with E-state index in [0.717, 1.165) is 5.76 Å². The van der Waals surface area contributed by atoms with E-state index in [4.69, 9.17) is 9.47 Å². The van der Waals surface area contributed by atoms with Gasteiger partial charge < -0.3 is 9.47 Å². The van der Waals surface area contributed by atoms with E-state index in [9.17, 15) is 4.79 Å². The zero-order valence-electron chi connectivity index (χ0n) is 14.7. The Kier molecular flexibility index (Phi) is 2.64. The topological polar surface area (TPSA) is 35.5 Å². The lowest BCUT2D eigenvalue weighted by atomic mass is 9.45. The maximum Gasteiger partial charge on any atom is 0.141 e. The Balaban J connectivity index is 1.84. The van der Waals surface area contributed by atoms with E-state index in [-0.39, 0.29) is 17.3 Å². The van der Waals surface area contributed by atoms with Gasteiger partial charge in [-0.3, -0.25) is 4.79 Å². The Morgan fingerprint density at radius 1 is 1.00 bits per heavy atom. The van der Waals surface area contributed by atoms with E-state index >= 15 is 0 Å². The van der Waals surface area contributed by atoms with Crippen LogP contribution >= 0.6 is 0 Å². The van der Waals surface area contributed by atoms with Gasteiger partial charge in [-0.25, -0.2) is 0 Å². The van der Waals surface area contributed by atoms with Gasteiger partial charge in [0.25, 0.3) is 0 Å². The molecule has 2 aromatic carbocycles. The van der Waals surface area contributed by atoms with Crippen LogP contribution < -0.4 is 0 Å². The highest BCUT2D eigenvalue weighted by molar-refractivity contribution is 5.90. The lowest BCUT2D eigenvalue weighted by Crippen LogP contribution is -2.57. The molecule has 2 aromatic rings. The Morgan fingerprint density at radius 3 is 2.31 bits per heavy atom. The van der Waals surface area contributed by atoms with Gasteiger partial charge in [0, 0.05) is 12.3 Å². The maximum atomic E-state index is 13.3. The van der Waals surface area contributed by atoms with Crippen molar-refractivity contribution in [1.29, 1.82) is 0 Å². The maximum absolute atomic E-state index is 13.3. The number of ketones is 1. The predicted octanol–water partition coefficient (Wildman–Crippen LogP) is 3.57. The van der Waals surface area contributed by atoms with Crippen molar-refractivity contribution in [2.75, 3.05) is 20.3 Å². The molecule has 3 heteroatoms. The highest BCUT2D eigenvalue weighted by atomic mass is 16.5. The molecule has 26 heavy (non-hydrogen) atoms. The van der Waals surface area contributed by atoms with Crippen molar-refractivity contribution in [1.82, 2.24) is 0 Å². The molecule has 2 atom stereocenters. The van der Waals surface area contributed by atoms with Crippen molar-refractivity contribution in [3.8, 4) is 0 Å². The first-order valence-corrected chi connectivity index (χ1v) is 9.28. The van der Waals surface area contributed by atoms with E-state index in [1.54, 1.807) is 7.11 Å². The number of hydrogen-bond acceptors (Lipinski definition) is 3. The summed E-state index contributed by atoms with van der Waals surface area (Å²) in [7, 11) is 1.74. The minimum Gasteiger partial charge on any atom is -0.501 e. The van der Waals surface area contributed by atoms with Gasteiger partial charge in [-0.1, -0.05) is 48.5 Å². The van der Waals surface area contributed by atoms with Crippen molar-refractivity contribution in [3.63, 3.8) is 0 Å². The second kappa shape index (κ2) is 4.66. The molecule has 1 fully saturated rings. The number of Topliss-reactive ketones (excluding diaryl/α,β-unsaturated/α-hetero) is 1. The zero-order valence-corrected chi connectivity index (χ0v) is 14.7. The second-order valence-corrected chi connectivity index (χ2v) is 8.04. The molecule has 1 aliphatic heterocycles. The molecule has 2 spiro atoms. The molecule has 2 unspecified atom stereocenters. The monoisotopic (exact) mass is 344 g/mol. The molecule has 1 heterocycles. The molecule has 0 amide bonds. The third kappa shape index (κ3) is 1.38. The van der Waals surface area contributed by atoms with E-state index in [0.29, 0.717) is 25.4 Å². The van der Waals surface area contributed by atoms with Crippen LogP contribution in [0.3, 0.4) is 0 Å². The van der Waals surface area contributed by atoms with Crippen molar-refractivity contribution in [3.05, 3.63) is 82.6 Å². The Labute approximate surface area is 152 Å². The number of ether oxygens (including phenoxy) is 2. The second-order valence-electron chi connectivity index (χ2n) is 8.04. The first-order valence-electron chi connectivity index (χ1n) is 9.28. The van der Waals surface area contributed by atoms with Crippen molar-refractivity contribution in [2.45, 2.75) is 17.8 Å². The predicted molar refractivity (Wildman–Crippen MR) is 97.0 cm³/mol. The van der Waals surface area contributed by atoms with Crippen LogP contribution in [0, 0.1) is 11.3 Å². The van der Waals surface area contributed by atoms with Gasteiger partial charge in [0.2, 0.25) is 0 Å². The lowest BCUT2D eigenvalue weighted by Gasteiger charge is -2.56. The standard InChI is InChI=1S/C23H20O3/c1-25-20-10-16-19(24)11-22(20)12-26-13-23(22)17-8-4-2-6-14(17)21(16)15-7-3-5-9-18(15)23/h2-10,16,21H,11-13H2,1H3. The molecule has 130 valence electrons. The highest BCUT2D eigenvalue weighted by Crippen LogP contribution is 2.67. The number of benzene rings is 2. The molecular weight excluding hydrogens is 324 g/mol. The zero-order chi connectivity index (χ0) is 17.5. The number of methoxy groups -OCH3 is 1. The average Bonchev–Trinajstić information content (AvgIpc) is 3.00. The van der Waals surface area contributed by atoms with Crippen LogP contribution in [0.15, 0.2) is 60.4 Å². The highest BCUT2D eigenvalue weighted by Gasteiger charge is 2.68. The summed E-state index contributed by atoms with van der Waals surface area (Å²) in [4.78, 5) is 13.3. The Hall–Kier alpha value is -2.39. The normalized spacial score (nSPS) is 35.9. The average molecular weight is 344 g/mol. The molecule has 0 radical (unpaired) electrons. The molecule has 0 aromatic heterocycles. The molecule has 6 aliphatic carbocycles. The van der Waals surface area contributed by atoms with Crippen LogP contribution in [0.5, 0.6) is 0 Å². The SMILES string of the molecule is COC1=CC2C(=O)CC13COCC31c3ccccc3C2c2ccccc21. The van der Waals surface area contributed by atoms with Crippen LogP contribution in [0.25, 0.3) is 0 Å². The van der Waals surface area contributed by atoms with Crippen molar-refractivity contribution >= 4 is 5.78 Å². The summed E-state index contributed by atoms with van der Waals surface area (Å²) in [5, 5.41) is 0. The van der Waals surface area contributed by atoms with Crippen molar-refractivity contribution in [2.24, 2.45) is 11.3 Å². The van der Waals surface area contributed by atoms with Gasteiger partial charge in [-0.15, -0.1) is 0 Å². The van der Waals surface area contributed by atoms with E-state index < -0.39 is 5.41 Å². The van der Waals surface area contributed by atoms with Crippen LogP contribution in [-0.2, 0) is 19.7 Å². The fourth-order valence-corrected chi connectivity index (χ4v) is 6.27. The quantitative estimate of drug-likeness (QED) is 0.793. The summed E-state index contributed by atoms with van der Waals surface area (Å²) in [6.45, 7) is 1.12. The fourth-order valence-electron chi connectivity index (χ4n) is 6.27. The van der Waals surface area contributed by atoms with Crippen LogP contribution in [0.2, 0.25) is 0 Å². The number of rotatable bonds is 1. The number of carbonyl (C=O) groups excluding carboxylic acids is 1. The first-order chi connectivity index (χ1) is 12.7. The largest absolute Gasteiger partial charge is 0.501 e. The number of carbonyl (C=O) groups is 1. The summed E-state index contributed by atoms with van der Waals surface area (Å²) >= 11 is 0. The molecule has 0 saturated carbocycles. The molecular formula is C23H20O3. The lowest BCUT2D eigenvalue weighted by molar-refractivity contribution is -0.127. The molecule has 9 rings (SSSR count). The molecule has 4 bridgehead atoms. The molecule has 7 aliphatic rings. The van der Waals surface area contributed by atoms with Gasteiger partial charge in [0.1, 0.15) is 11.5 Å². The van der Waals surface area contributed by atoms with E-state index in [1.165, 1.54) is 22.3 Å². The Morgan fingerprint density at radius 2 is 1.65 bits per heavy atom. The van der Waals surface area contributed by atoms with Gasteiger partial charge >= 0.3 is 0 Å². The van der Waals surface area contributed by atoms with Crippen LogP contribution in [-0.4, -0.2) is 26.1 Å². The minimum atomic E-state index is -0.451. The third-order valence-electron chi connectivity index (χ3n) is 7.22. The fraction of sp³-hybridized carbons (Fsp3) is 0.348. The number of hydrogen-bond donors (Lipinski definition) is 0. The number of allylic oxidation sites excluding steroid dienone is 1. The van der Waals surface area contributed by atoms with Crippen LogP contribution in [0.1, 0.15) is 34.6 Å². The summed E-state index contributed by atoms with van der Waals surface area (Å²) < 4.78 is 12.1.